The van der Waals surface area contributed by atoms with Crippen molar-refractivity contribution in [1.29, 1.82) is 0 Å². The summed E-state index contributed by atoms with van der Waals surface area (Å²) < 4.78 is 5.55. The van der Waals surface area contributed by atoms with E-state index in [1.807, 2.05) is 0 Å². The van der Waals surface area contributed by atoms with E-state index in [1.165, 1.54) is 24.1 Å². The topological polar surface area (TPSA) is 21.3 Å². The Morgan fingerprint density at radius 2 is 2.00 bits per heavy atom. The molecule has 1 unspecified atom stereocenters. The molecule has 0 bridgehead atoms. The number of hydrogen-bond acceptors (Lipinski definition) is 2. The van der Waals surface area contributed by atoms with Crippen LogP contribution in [-0.4, -0.2) is 12.8 Å². The van der Waals surface area contributed by atoms with Crippen LogP contribution in [0.2, 0.25) is 0 Å². The van der Waals surface area contributed by atoms with Gasteiger partial charge in [-0.2, -0.15) is 0 Å². The second-order valence-corrected chi connectivity index (χ2v) is 3.62. The van der Waals surface area contributed by atoms with E-state index in [2.05, 4.69) is 26.1 Å². The first kappa shape index (κ1) is 9.59. The minimum Gasteiger partial charge on any atom is -0.364 e. The SMILES string of the molecule is CC(C)=C(C)NC1CCCCO1. The van der Waals surface area contributed by atoms with Crippen LogP contribution in [-0.2, 0) is 4.74 Å². The average molecular weight is 169 g/mol. The summed E-state index contributed by atoms with van der Waals surface area (Å²) in [4.78, 5) is 0. The van der Waals surface area contributed by atoms with Gasteiger partial charge in [0.2, 0.25) is 0 Å². The number of hydrogen-bond donors (Lipinski definition) is 1. The maximum atomic E-state index is 5.55. The van der Waals surface area contributed by atoms with Gasteiger partial charge < -0.3 is 10.1 Å². The lowest BCUT2D eigenvalue weighted by atomic mass is 10.2. The summed E-state index contributed by atoms with van der Waals surface area (Å²) in [5, 5.41) is 3.38. The van der Waals surface area contributed by atoms with Crippen LogP contribution in [0.5, 0.6) is 0 Å². The van der Waals surface area contributed by atoms with E-state index < -0.39 is 0 Å². The van der Waals surface area contributed by atoms with Crippen LogP contribution in [0.15, 0.2) is 11.3 Å². The lowest BCUT2D eigenvalue weighted by Gasteiger charge is -2.25. The summed E-state index contributed by atoms with van der Waals surface area (Å²) in [6, 6.07) is 0. The molecule has 1 rings (SSSR count). The zero-order valence-electron chi connectivity index (χ0n) is 8.31. The van der Waals surface area contributed by atoms with Gasteiger partial charge in [0.1, 0.15) is 6.23 Å². The molecule has 0 aliphatic carbocycles. The molecule has 1 N–H and O–H groups in total. The fourth-order valence-corrected chi connectivity index (χ4v) is 1.24. The van der Waals surface area contributed by atoms with Crippen LogP contribution in [0.4, 0.5) is 0 Å². The Labute approximate surface area is 75.0 Å². The Kier molecular flexibility index (Phi) is 3.60. The molecule has 0 radical (unpaired) electrons. The zero-order valence-corrected chi connectivity index (χ0v) is 8.31. The quantitative estimate of drug-likeness (QED) is 0.685. The van der Waals surface area contributed by atoms with Gasteiger partial charge in [-0.05, 0) is 40.0 Å². The van der Waals surface area contributed by atoms with Gasteiger partial charge in [-0.15, -0.1) is 0 Å². The minimum absolute atomic E-state index is 0.258. The summed E-state index contributed by atoms with van der Waals surface area (Å²) >= 11 is 0. The van der Waals surface area contributed by atoms with Gasteiger partial charge in [-0.25, -0.2) is 0 Å². The average Bonchev–Trinajstić information content (AvgIpc) is 2.06. The Morgan fingerprint density at radius 3 is 2.50 bits per heavy atom. The van der Waals surface area contributed by atoms with Crippen molar-refractivity contribution in [2.75, 3.05) is 6.61 Å². The first-order valence-corrected chi connectivity index (χ1v) is 4.72. The van der Waals surface area contributed by atoms with E-state index in [4.69, 9.17) is 4.74 Å². The van der Waals surface area contributed by atoms with Crippen molar-refractivity contribution in [3.05, 3.63) is 11.3 Å². The molecule has 1 aliphatic heterocycles. The number of rotatable bonds is 2. The van der Waals surface area contributed by atoms with Crippen LogP contribution in [0, 0.1) is 0 Å². The number of nitrogens with one attached hydrogen (secondary N) is 1. The van der Waals surface area contributed by atoms with E-state index in [9.17, 15) is 0 Å². The Hall–Kier alpha value is -0.500. The molecular formula is C10H19NO. The molecule has 2 nitrogen and oxygen atoms in total. The molecule has 1 saturated heterocycles. The molecule has 0 amide bonds. The van der Waals surface area contributed by atoms with Gasteiger partial charge in [-0.1, -0.05) is 5.57 Å². The molecule has 1 fully saturated rings. The summed E-state index contributed by atoms with van der Waals surface area (Å²) in [6.07, 6.45) is 3.90. The van der Waals surface area contributed by atoms with E-state index in [0.717, 1.165) is 13.0 Å². The van der Waals surface area contributed by atoms with Gasteiger partial charge in [-0.3, -0.25) is 0 Å². The van der Waals surface area contributed by atoms with E-state index in [1.54, 1.807) is 0 Å². The highest BCUT2D eigenvalue weighted by Gasteiger charge is 2.12. The van der Waals surface area contributed by atoms with E-state index >= 15 is 0 Å². The van der Waals surface area contributed by atoms with E-state index in [0.29, 0.717) is 0 Å². The molecule has 12 heavy (non-hydrogen) atoms. The highest BCUT2D eigenvalue weighted by atomic mass is 16.5. The second-order valence-electron chi connectivity index (χ2n) is 3.62. The molecule has 70 valence electrons. The van der Waals surface area contributed by atoms with Crippen molar-refractivity contribution >= 4 is 0 Å². The van der Waals surface area contributed by atoms with Crippen LogP contribution < -0.4 is 5.32 Å². The van der Waals surface area contributed by atoms with Crippen molar-refractivity contribution in [2.24, 2.45) is 0 Å². The van der Waals surface area contributed by atoms with Gasteiger partial charge >= 0.3 is 0 Å². The molecule has 1 heterocycles. The lowest BCUT2D eigenvalue weighted by molar-refractivity contribution is 0.000976. The first-order valence-electron chi connectivity index (χ1n) is 4.72. The third-order valence-electron chi connectivity index (χ3n) is 2.31. The summed E-state index contributed by atoms with van der Waals surface area (Å²) in [5.74, 6) is 0. The second kappa shape index (κ2) is 4.51. The van der Waals surface area contributed by atoms with Crippen LogP contribution in [0.3, 0.4) is 0 Å². The maximum Gasteiger partial charge on any atom is 0.127 e. The minimum atomic E-state index is 0.258. The molecule has 0 aromatic heterocycles. The van der Waals surface area contributed by atoms with Crippen molar-refractivity contribution < 1.29 is 4.74 Å². The Bertz CT molecular complexity index is 165. The standard InChI is InChI=1S/C10H19NO/c1-8(2)9(3)11-10-6-4-5-7-12-10/h10-11H,4-7H2,1-3H3. The number of ether oxygens (including phenoxy) is 1. The Balaban J connectivity index is 2.34. The highest BCUT2D eigenvalue weighted by molar-refractivity contribution is 5.04. The van der Waals surface area contributed by atoms with Crippen molar-refractivity contribution in [2.45, 2.75) is 46.3 Å². The fraction of sp³-hybridized carbons (Fsp3) is 0.800. The molecule has 0 spiro atoms. The highest BCUT2D eigenvalue weighted by Crippen LogP contribution is 2.12. The van der Waals surface area contributed by atoms with Gasteiger partial charge in [0.15, 0.2) is 0 Å². The first-order chi connectivity index (χ1) is 5.70. The third kappa shape index (κ3) is 2.86. The summed E-state index contributed by atoms with van der Waals surface area (Å²) in [6.45, 7) is 7.25. The molecule has 1 aliphatic rings. The smallest absolute Gasteiger partial charge is 0.127 e. The summed E-state index contributed by atoms with van der Waals surface area (Å²) in [7, 11) is 0. The summed E-state index contributed by atoms with van der Waals surface area (Å²) in [5.41, 5.74) is 2.59. The normalized spacial score (nSPS) is 23.4. The Morgan fingerprint density at radius 1 is 1.25 bits per heavy atom. The van der Waals surface area contributed by atoms with Crippen LogP contribution in [0.25, 0.3) is 0 Å². The third-order valence-corrected chi connectivity index (χ3v) is 2.31. The van der Waals surface area contributed by atoms with Gasteiger partial charge in [0, 0.05) is 12.3 Å². The largest absolute Gasteiger partial charge is 0.364 e. The predicted molar refractivity (Wildman–Crippen MR) is 50.8 cm³/mol. The van der Waals surface area contributed by atoms with Crippen LogP contribution >= 0.6 is 0 Å². The lowest BCUT2D eigenvalue weighted by Crippen LogP contribution is -2.33. The predicted octanol–water partition coefficient (Wildman–Crippen LogP) is 2.42. The van der Waals surface area contributed by atoms with Crippen molar-refractivity contribution in [3.63, 3.8) is 0 Å². The molecule has 2 heteroatoms. The van der Waals surface area contributed by atoms with Crippen LogP contribution in [0.1, 0.15) is 40.0 Å². The molecule has 0 aromatic carbocycles. The van der Waals surface area contributed by atoms with Crippen molar-refractivity contribution in [3.8, 4) is 0 Å². The number of allylic oxidation sites excluding steroid dienone is 2. The van der Waals surface area contributed by atoms with Gasteiger partial charge in [0.25, 0.3) is 0 Å². The monoisotopic (exact) mass is 169 g/mol. The van der Waals surface area contributed by atoms with Gasteiger partial charge in [0.05, 0.1) is 0 Å². The fourth-order valence-electron chi connectivity index (χ4n) is 1.24. The zero-order chi connectivity index (χ0) is 8.97. The van der Waals surface area contributed by atoms with Crippen molar-refractivity contribution in [1.82, 2.24) is 5.32 Å². The maximum absolute atomic E-state index is 5.55. The molecule has 0 aromatic rings. The molecule has 0 saturated carbocycles. The van der Waals surface area contributed by atoms with E-state index in [-0.39, 0.29) is 6.23 Å². The molecular weight excluding hydrogens is 150 g/mol. The molecule has 1 atom stereocenters.